The first kappa shape index (κ1) is 70.5. The van der Waals surface area contributed by atoms with Crippen LogP contribution in [0.25, 0.3) is 0 Å². The quantitative estimate of drug-likeness (QED) is 0.0264. The summed E-state index contributed by atoms with van der Waals surface area (Å²) in [7, 11) is -4.39. The van der Waals surface area contributed by atoms with Crippen molar-refractivity contribution in [2.75, 3.05) is 26.4 Å². The van der Waals surface area contributed by atoms with Crippen LogP contribution in [0.4, 0.5) is 0 Å². The van der Waals surface area contributed by atoms with Gasteiger partial charge in [0.1, 0.15) is 6.61 Å². The number of rotatable bonds is 60. The largest absolute Gasteiger partial charge is 0.472 e. The highest BCUT2D eigenvalue weighted by Gasteiger charge is 2.26. The fraction of sp³-hybridized carbons (Fsp3) is 0.903. The van der Waals surface area contributed by atoms with Gasteiger partial charge < -0.3 is 20.1 Å². The number of hydrogen-bond donors (Lipinski definition) is 2. The van der Waals surface area contributed by atoms with Crippen LogP contribution in [0.1, 0.15) is 328 Å². The number of phosphoric acid groups is 1. The maximum absolute atomic E-state index is 12.7. The van der Waals surface area contributed by atoms with Crippen LogP contribution < -0.4 is 5.73 Å². The van der Waals surface area contributed by atoms with Crippen LogP contribution >= 0.6 is 7.82 Å². The molecule has 0 aliphatic carbocycles. The number of nitrogens with two attached hydrogens (primary N) is 1. The molecule has 0 spiro atoms. The van der Waals surface area contributed by atoms with Gasteiger partial charge in [-0.25, -0.2) is 4.57 Å². The minimum absolute atomic E-state index is 0.0548. The van der Waals surface area contributed by atoms with E-state index in [1.165, 1.54) is 244 Å². The van der Waals surface area contributed by atoms with Crippen LogP contribution in [0.15, 0.2) is 24.3 Å². The first-order valence-electron chi connectivity index (χ1n) is 31.3. The fourth-order valence-corrected chi connectivity index (χ4v) is 10.2. The van der Waals surface area contributed by atoms with Crippen molar-refractivity contribution in [2.24, 2.45) is 5.73 Å². The van der Waals surface area contributed by atoms with Gasteiger partial charge >= 0.3 is 19.8 Å². The number of unbranched alkanes of at least 4 members (excludes halogenated alkanes) is 43. The van der Waals surface area contributed by atoms with Crippen molar-refractivity contribution in [1.29, 1.82) is 0 Å². The number of allylic oxidation sites excluding steroid dienone is 4. The Balaban J connectivity index is 3.83. The zero-order valence-electron chi connectivity index (χ0n) is 47.7. The number of phosphoric ester groups is 1. The minimum Gasteiger partial charge on any atom is -0.462 e. The second-order valence-corrected chi connectivity index (χ2v) is 22.7. The van der Waals surface area contributed by atoms with Crippen molar-refractivity contribution < 1.29 is 37.6 Å². The maximum atomic E-state index is 12.7. The minimum atomic E-state index is -4.39. The predicted molar refractivity (Wildman–Crippen MR) is 307 cm³/mol. The lowest BCUT2D eigenvalue weighted by Gasteiger charge is -2.19. The summed E-state index contributed by atoms with van der Waals surface area (Å²) in [5, 5.41) is 0. The van der Waals surface area contributed by atoms with Gasteiger partial charge in [0.25, 0.3) is 0 Å². The molecule has 0 aliphatic heterocycles. The molecule has 0 amide bonds. The van der Waals surface area contributed by atoms with Gasteiger partial charge in [-0.1, -0.05) is 295 Å². The summed E-state index contributed by atoms with van der Waals surface area (Å²) in [4.78, 5) is 35.2. The third-order valence-electron chi connectivity index (χ3n) is 14.1. The molecular formula is C62H120NO8P. The molecule has 2 unspecified atom stereocenters. The lowest BCUT2D eigenvalue weighted by atomic mass is 10.0. The van der Waals surface area contributed by atoms with Gasteiger partial charge in [0, 0.05) is 19.4 Å². The van der Waals surface area contributed by atoms with E-state index in [-0.39, 0.29) is 38.6 Å². The first-order chi connectivity index (χ1) is 35.3. The van der Waals surface area contributed by atoms with E-state index in [0.717, 1.165) is 51.4 Å². The summed E-state index contributed by atoms with van der Waals surface area (Å²) >= 11 is 0. The number of carbonyl (C=O) groups excluding carboxylic acids is 2. The van der Waals surface area contributed by atoms with E-state index in [9.17, 15) is 19.0 Å². The highest BCUT2D eigenvalue weighted by Crippen LogP contribution is 2.43. The van der Waals surface area contributed by atoms with Crippen LogP contribution in [0.2, 0.25) is 0 Å². The molecule has 426 valence electrons. The zero-order valence-corrected chi connectivity index (χ0v) is 48.6. The molecule has 0 saturated carbocycles. The fourth-order valence-electron chi connectivity index (χ4n) is 9.44. The van der Waals surface area contributed by atoms with Gasteiger partial charge in [0.05, 0.1) is 13.2 Å². The molecule has 0 saturated heterocycles. The molecule has 10 heteroatoms. The molecule has 0 radical (unpaired) electrons. The summed E-state index contributed by atoms with van der Waals surface area (Å²) < 4.78 is 33.1. The molecule has 0 aromatic carbocycles. The van der Waals surface area contributed by atoms with E-state index < -0.39 is 26.5 Å². The summed E-state index contributed by atoms with van der Waals surface area (Å²) in [6.45, 7) is 3.77. The second-order valence-electron chi connectivity index (χ2n) is 21.3. The molecule has 2 atom stereocenters. The molecule has 0 heterocycles. The molecule has 0 bridgehead atoms. The highest BCUT2D eigenvalue weighted by atomic mass is 31.2. The molecule has 0 fully saturated rings. The first-order valence-corrected chi connectivity index (χ1v) is 32.8. The Labute approximate surface area is 446 Å². The van der Waals surface area contributed by atoms with Crippen molar-refractivity contribution in [2.45, 2.75) is 335 Å². The Kier molecular flexibility index (Phi) is 57.5. The molecule has 72 heavy (non-hydrogen) atoms. The maximum Gasteiger partial charge on any atom is 0.472 e. The van der Waals surface area contributed by atoms with E-state index in [1.54, 1.807) is 0 Å². The van der Waals surface area contributed by atoms with E-state index in [2.05, 4.69) is 38.2 Å². The average Bonchev–Trinajstić information content (AvgIpc) is 3.37. The van der Waals surface area contributed by atoms with Gasteiger partial charge in [0.2, 0.25) is 0 Å². The SMILES string of the molecule is CCCCC/C=C\C/C=C\CCCCCCCCCCCC(=O)OC(COC(=O)CCCCCCCCCCCCCCCCCCCCCCCCCCCCCCCCCC)COP(=O)(O)OCCN. The van der Waals surface area contributed by atoms with Gasteiger partial charge in [-0.15, -0.1) is 0 Å². The summed E-state index contributed by atoms with van der Waals surface area (Å²) in [6.07, 6.45) is 69.7. The predicted octanol–water partition coefficient (Wildman–Crippen LogP) is 19.8. The number of hydrogen-bond acceptors (Lipinski definition) is 8. The molecule has 3 N–H and O–H groups in total. The Morgan fingerprint density at radius 3 is 1.08 bits per heavy atom. The Hall–Kier alpha value is -1.51. The molecule has 0 aliphatic rings. The molecule has 0 rings (SSSR count). The Morgan fingerprint density at radius 2 is 0.722 bits per heavy atom. The smallest absolute Gasteiger partial charge is 0.462 e. The summed E-state index contributed by atoms with van der Waals surface area (Å²) in [6, 6.07) is 0. The van der Waals surface area contributed by atoms with Crippen molar-refractivity contribution >= 4 is 19.8 Å². The van der Waals surface area contributed by atoms with Crippen LogP contribution in [-0.2, 0) is 32.7 Å². The Morgan fingerprint density at radius 1 is 0.417 bits per heavy atom. The standard InChI is InChI=1S/C62H120NO8P/c1-3-5-7-9-11-13-15-17-19-21-23-24-25-26-27-28-29-30-31-32-33-34-35-37-38-40-42-44-46-48-50-52-54-61(64)68-58-60(59-70-72(66,67)69-57-56-63)71-62(65)55-53-51-49-47-45-43-41-39-36-22-20-18-16-14-12-10-8-6-4-2/h12,14,18,20,60H,3-11,13,15-17,19,21-59,63H2,1-2H3,(H,66,67)/b14-12-,20-18-. The van der Waals surface area contributed by atoms with Gasteiger partial charge in [0.15, 0.2) is 6.10 Å². The molecule has 9 nitrogen and oxygen atoms in total. The summed E-state index contributed by atoms with van der Waals surface area (Å²) in [5.41, 5.74) is 5.39. The van der Waals surface area contributed by atoms with Gasteiger partial charge in [-0.2, -0.15) is 0 Å². The zero-order chi connectivity index (χ0) is 52.4. The third-order valence-corrected chi connectivity index (χ3v) is 15.1. The lowest BCUT2D eigenvalue weighted by Crippen LogP contribution is -2.29. The van der Waals surface area contributed by atoms with Gasteiger partial charge in [-0.3, -0.25) is 18.6 Å². The number of ether oxygens (including phenoxy) is 2. The van der Waals surface area contributed by atoms with Crippen molar-refractivity contribution in [1.82, 2.24) is 0 Å². The Bertz CT molecular complexity index is 1230. The van der Waals surface area contributed by atoms with Crippen LogP contribution in [0.5, 0.6) is 0 Å². The molecule has 0 aromatic heterocycles. The normalized spacial score (nSPS) is 13.1. The van der Waals surface area contributed by atoms with Crippen molar-refractivity contribution in [3.05, 3.63) is 24.3 Å². The van der Waals surface area contributed by atoms with Crippen LogP contribution in [0, 0.1) is 0 Å². The van der Waals surface area contributed by atoms with Crippen molar-refractivity contribution in [3.8, 4) is 0 Å². The molecular weight excluding hydrogens is 918 g/mol. The average molecular weight is 1040 g/mol. The number of carbonyl (C=O) groups is 2. The van der Waals surface area contributed by atoms with Gasteiger partial charge in [-0.05, 0) is 44.9 Å². The van der Waals surface area contributed by atoms with Crippen molar-refractivity contribution in [3.63, 3.8) is 0 Å². The second kappa shape index (κ2) is 58.7. The van der Waals surface area contributed by atoms with E-state index in [1.807, 2.05) is 0 Å². The summed E-state index contributed by atoms with van der Waals surface area (Å²) in [5.74, 6) is -0.815. The van der Waals surface area contributed by atoms with E-state index >= 15 is 0 Å². The van der Waals surface area contributed by atoms with E-state index in [4.69, 9.17) is 24.3 Å². The highest BCUT2D eigenvalue weighted by molar-refractivity contribution is 7.47. The topological polar surface area (TPSA) is 134 Å². The number of esters is 2. The van der Waals surface area contributed by atoms with Crippen LogP contribution in [-0.4, -0.2) is 49.3 Å². The van der Waals surface area contributed by atoms with Crippen LogP contribution in [0.3, 0.4) is 0 Å². The molecule has 0 aromatic rings. The lowest BCUT2D eigenvalue weighted by molar-refractivity contribution is -0.161. The van der Waals surface area contributed by atoms with E-state index in [0.29, 0.717) is 6.42 Å². The monoisotopic (exact) mass is 1040 g/mol. The third kappa shape index (κ3) is 57.8.